The number of carbonyl (C=O) groups excluding carboxylic acids is 3. The van der Waals surface area contributed by atoms with Crippen LogP contribution in [0.2, 0.25) is 0 Å². The molecule has 1 saturated heterocycles. The molecular formula is C23H23N3O4. The van der Waals surface area contributed by atoms with Crippen LogP contribution in [-0.4, -0.2) is 30.5 Å². The number of ether oxygens (including phenoxy) is 1. The minimum atomic E-state index is -1.14. The highest BCUT2D eigenvalue weighted by molar-refractivity contribution is 6.27. The molecule has 7 nitrogen and oxygen atoms in total. The molecule has 2 atom stereocenters. The smallest absolute Gasteiger partial charge is 0.260 e. The van der Waals surface area contributed by atoms with Gasteiger partial charge in [0.15, 0.2) is 0 Å². The van der Waals surface area contributed by atoms with Crippen molar-refractivity contribution < 1.29 is 19.1 Å². The highest BCUT2D eigenvalue weighted by Crippen LogP contribution is 2.47. The van der Waals surface area contributed by atoms with Gasteiger partial charge in [0.1, 0.15) is 11.2 Å². The van der Waals surface area contributed by atoms with Crippen molar-refractivity contribution in [3.63, 3.8) is 0 Å². The Labute approximate surface area is 174 Å². The summed E-state index contributed by atoms with van der Waals surface area (Å²) in [6.07, 6.45) is 0.352. The Bertz CT molecular complexity index is 1030. The molecule has 3 amide bonds. The van der Waals surface area contributed by atoms with Crippen molar-refractivity contribution in [3.8, 4) is 5.75 Å². The summed E-state index contributed by atoms with van der Waals surface area (Å²) in [7, 11) is 1.55. The van der Waals surface area contributed by atoms with E-state index in [1.54, 1.807) is 50.4 Å². The largest absolute Gasteiger partial charge is 0.497 e. The van der Waals surface area contributed by atoms with E-state index in [0.29, 0.717) is 29.3 Å². The van der Waals surface area contributed by atoms with Crippen LogP contribution in [0.25, 0.3) is 0 Å². The summed E-state index contributed by atoms with van der Waals surface area (Å²) in [6.45, 7) is 3.62. The van der Waals surface area contributed by atoms with E-state index < -0.39 is 11.3 Å². The van der Waals surface area contributed by atoms with E-state index in [0.717, 1.165) is 0 Å². The second kappa shape index (κ2) is 7.40. The number of hydrogen-bond donors (Lipinski definition) is 0. The number of hydrogen-bond acceptors (Lipinski definition) is 5. The summed E-state index contributed by atoms with van der Waals surface area (Å²) >= 11 is 0. The molecule has 2 heterocycles. The second-order valence-electron chi connectivity index (χ2n) is 7.48. The lowest BCUT2D eigenvalue weighted by Crippen LogP contribution is -2.47. The highest BCUT2D eigenvalue weighted by atomic mass is 16.5. The fraction of sp³-hybridized carbons (Fsp3) is 0.304. The predicted molar refractivity (Wildman–Crippen MR) is 113 cm³/mol. The van der Waals surface area contributed by atoms with Gasteiger partial charge in [-0.25, -0.2) is 0 Å². The van der Waals surface area contributed by atoms with Crippen molar-refractivity contribution in [1.82, 2.24) is 0 Å². The van der Waals surface area contributed by atoms with Crippen LogP contribution in [0.5, 0.6) is 5.75 Å². The first-order chi connectivity index (χ1) is 14.4. The molecule has 0 bridgehead atoms. The Morgan fingerprint density at radius 2 is 1.70 bits per heavy atom. The number of imide groups is 1. The molecule has 0 spiro atoms. The Kier molecular flexibility index (Phi) is 4.89. The minimum Gasteiger partial charge on any atom is -0.497 e. The van der Waals surface area contributed by atoms with Crippen molar-refractivity contribution in [1.29, 1.82) is 0 Å². The predicted octanol–water partition coefficient (Wildman–Crippen LogP) is 3.39. The van der Waals surface area contributed by atoms with Crippen LogP contribution in [0.1, 0.15) is 26.7 Å². The third-order valence-electron chi connectivity index (χ3n) is 6.10. The van der Waals surface area contributed by atoms with E-state index in [1.165, 1.54) is 9.91 Å². The number of rotatable bonds is 5. The van der Waals surface area contributed by atoms with E-state index in [4.69, 9.17) is 4.74 Å². The number of methoxy groups -OCH3 is 1. The maximum Gasteiger partial charge on any atom is 0.260 e. The topological polar surface area (TPSA) is 79.3 Å². The van der Waals surface area contributed by atoms with E-state index in [-0.39, 0.29) is 24.1 Å². The maximum absolute atomic E-state index is 13.5. The van der Waals surface area contributed by atoms with E-state index >= 15 is 0 Å². The average Bonchev–Trinajstić information content (AvgIpc) is 3.21. The van der Waals surface area contributed by atoms with E-state index in [1.807, 2.05) is 25.1 Å². The maximum atomic E-state index is 13.5. The molecular weight excluding hydrogens is 382 g/mol. The van der Waals surface area contributed by atoms with Gasteiger partial charge >= 0.3 is 0 Å². The van der Waals surface area contributed by atoms with Gasteiger partial charge in [0, 0.05) is 6.42 Å². The lowest BCUT2D eigenvalue weighted by atomic mass is 9.69. The van der Waals surface area contributed by atoms with Gasteiger partial charge in [-0.05, 0) is 49.7 Å². The monoisotopic (exact) mass is 405 g/mol. The van der Waals surface area contributed by atoms with Crippen LogP contribution in [0.3, 0.4) is 0 Å². The standard InChI is InChI=1S/C23H23N3O4/c1-4-23(15(2)24-26(22(23)29)17-8-6-5-7-9-17)19-14-20(27)25(21(19)28)16-10-12-18(30-3)13-11-16/h5-13,19H,4,14H2,1-3H3. The first kappa shape index (κ1) is 19.8. The molecule has 2 aromatic rings. The summed E-state index contributed by atoms with van der Waals surface area (Å²) in [4.78, 5) is 41.0. The molecule has 4 rings (SSSR count). The summed E-state index contributed by atoms with van der Waals surface area (Å²) in [5.74, 6) is -1.11. The van der Waals surface area contributed by atoms with Crippen LogP contribution in [0.4, 0.5) is 11.4 Å². The molecule has 1 fully saturated rings. The van der Waals surface area contributed by atoms with Gasteiger partial charge in [-0.2, -0.15) is 10.1 Å². The lowest BCUT2D eigenvalue weighted by molar-refractivity contribution is -0.132. The lowest BCUT2D eigenvalue weighted by Gasteiger charge is -2.31. The van der Waals surface area contributed by atoms with Gasteiger partial charge in [-0.3, -0.25) is 19.3 Å². The molecule has 30 heavy (non-hydrogen) atoms. The van der Waals surface area contributed by atoms with Crippen LogP contribution < -0.4 is 14.6 Å². The molecule has 2 aromatic carbocycles. The molecule has 0 aliphatic carbocycles. The fourth-order valence-electron chi connectivity index (χ4n) is 4.45. The third-order valence-corrected chi connectivity index (χ3v) is 6.10. The van der Waals surface area contributed by atoms with Crippen LogP contribution in [0.15, 0.2) is 59.7 Å². The van der Waals surface area contributed by atoms with Crippen LogP contribution in [0, 0.1) is 11.3 Å². The van der Waals surface area contributed by atoms with Gasteiger partial charge in [-0.1, -0.05) is 25.1 Å². The van der Waals surface area contributed by atoms with Crippen molar-refractivity contribution >= 4 is 34.8 Å². The number of nitrogens with zero attached hydrogens (tertiary/aromatic N) is 3. The molecule has 2 aliphatic rings. The molecule has 154 valence electrons. The summed E-state index contributed by atoms with van der Waals surface area (Å²) in [6, 6.07) is 15.8. The number of anilines is 2. The van der Waals surface area contributed by atoms with Crippen molar-refractivity contribution in [2.45, 2.75) is 26.7 Å². The second-order valence-corrected chi connectivity index (χ2v) is 7.48. The van der Waals surface area contributed by atoms with Crippen molar-refractivity contribution in [2.24, 2.45) is 16.4 Å². The number of para-hydroxylation sites is 1. The first-order valence-electron chi connectivity index (χ1n) is 9.90. The Hall–Kier alpha value is -3.48. The van der Waals surface area contributed by atoms with Gasteiger partial charge in [0.05, 0.1) is 30.1 Å². The average molecular weight is 405 g/mol. The summed E-state index contributed by atoms with van der Waals surface area (Å²) in [5.41, 5.74) is 0.533. The van der Waals surface area contributed by atoms with Gasteiger partial charge in [0.2, 0.25) is 11.8 Å². The molecule has 0 aromatic heterocycles. The Morgan fingerprint density at radius 3 is 2.30 bits per heavy atom. The summed E-state index contributed by atoms with van der Waals surface area (Å²) in [5, 5.41) is 5.84. The SMILES string of the molecule is CCC1(C2CC(=O)N(c3ccc(OC)cc3)C2=O)C(=O)N(c2ccccc2)N=C1C. The molecule has 2 unspecified atom stereocenters. The van der Waals surface area contributed by atoms with E-state index in [2.05, 4.69) is 5.10 Å². The van der Waals surface area contributed by atoms with Crippen molar-refractivity contribution in [2.75, 3.05) is 17.0 Å². The molecule has 0 N–H and O–H groups in total. The van der Waals surface area contributed by atoms with E-state index in [9.17, 15) is 14.4 Å². The fourth-order valence-corrected chi connectivity index (χ4v) is 4.45. The van der Waals surface area contributed by atoms with Gasteiger partial charge < -0.3 is 4.74 Å². The Balaban J connectivity index is 1.70. The number of hydrazone groups is 1. The first-order valence-corrected chi connectivity index (χ1v) is 9.90. The normalized spacial score (nSPS) is 23.9. The number of benzene rings is 2. The molecule has 2 aliphatic heterocycles. The highest BCUT2D eigenvalue weighted by Gasteiger charge is 2.60. The zero-order valence-electron chi connectivity index (χ0n) is 17.2. The zero-order valence-corrected chi connectivity index (χ0v) is 17.2. The Morgan fingerprint density at radius 1 is 1.03 bits per heavy atom. The number of amides is 3. The van der Waals surface area contributed by atoms with Gasteiger partial charge in [0.25, 0.3) is 5.91 Å². The minimum absolute atomic E-state index is 0.0278. The van der Waals surface area contributed by atoms with Crippen LogP contribution >= 0.6 is 0 Å². The van der Waals surface area contributed by atoms with Gasteiger partial charge in [-0.15, -0.1) is 0 Å². The third kappa shape index (κ3) is 2.81. The molecule has 7 heteroatoms. The number of carbonyl (C=O) groups is 3. The quantitative estimate of drug-likeness (QED) is 0.714. The summed E-state index contributed by atoms with van der Waals surface area (Å²) < 4.78 is 5.15. The molecule has 0 saturated carbocycles. The zero-order chi connectivity index (χ0) is 21.5. The molecule has 0 radical (unpaired) electrons. The van der Waals surface area contributed by atoms with Crippen molar-refractivity contribution in [3.05, 3.63) is 54.6 Å². The van der Waals surface area contributed by atoms with Crippen LogP contribution in [-0.2, 0) is 14.4 Å².